The van der Waals surface area contributed by atoms with Crippen LogP contribution < -0.4 is 4.90 Å². The highest BCUT2D eigenvalue weighted by Gasteiger charge is 2.32. The van der Waals surface area contributed by atoms with E-state index in [1.807, 2.05) is 11.8 Å². The highest BCUT2D eigenvalue weighted by Crippen LogP contribution is 2.40. The molecule has 0 spiro atoms. The number of rotatable bonds is 5. The Bertz CT molecular complexity index is 1300. The van der Waals surface area contributed by atoms with E-state index >= 15 is 0 Å². The molecule has 0 amide bonds. The van der Waals surface area contributed by atoms with Gasteiger partial charge in [-0.3, -0.25) is 4.90 Å². The maximum atomic E-state index is 14.3. The van der Waals surface area contributed by atoms with Crippen molar-refractivity contribution in [3.05, 3.63) is 76.2 Å². The third-order valence-electron chi connectivity index (χ3n) is 5.94. The third-order valence-corrected chi connectivity index (χ3v) is 7.01. The molecule has 0 saturated carbocycles. The van der Waals surface area contributed by atoms with Crippen LogP contribution in [0.4, 0.5) is 18.9 Å². The van der Waals surface area contributed by atoms with Crippen molar-refractivity contribution in [1.82, 2.24) is 19.5 Å². The van der Waals surface area contributed by atoms with Crippen molar-refractivity contribution in [3.8, 4) is 5.88 Å². The fourth-order valence-corrected chi connectivity index (χ4v) is 5.39. The summed E-state index contributed by atoms with van der Waals surface area (Å²) < 4.78 is 43.5. The second kappa shape index (κ2) is 8.68. The summed E-state index contributed by atoms with van der Waals surface area (Å²) in [4.78, 5) is 9.57. The highest BCUT2D eigenvalue weighted by atomic mass is 32.1. The van der Waals surface area contributed by atoms with E-state index in [-0.39, 0.29) is 11.7 Å². The van der Waals surface area contributed by atoms with Crippen molar-refractivity contribution in [3.63, 3.8) is 0 Å². The maximum Gasteiger partial charge on any atom is 0.230 e. The van der Waals surface area contributed by atoms with Gasteiger partial charge in [0.15, 0.2) is 17.5 Å². The molecule has 1 N–H and O–H groups in total. The van der Waals surface area contributed by atoms with Gasteiger partial charge in [-0.25, -0.2) is 18.2 Å². The van der Waals surface area contributed by atoms with Gasteiger partial charge in [0.05, 0.1) is 16.6 Å². The number of hydrogen-bond acceptors (Lipinski definition) is 6. The van der Waals surface area contributed by atoms with Gasteiger partial charge in [-0.05, 0) is 29.8 Å². The molecule has 33 heavy (non-hydrogen) atoms. The number of benzene rings is 2. The number of hydrogen-bond donors (Lipinski definition) is 1. The lowest BCUT2D eigenvalue weighted by atomic mass is 10.0. The fourth-order valence-electron chi connectivity index (χ4n) is 4.26. The van der Waals surface area contributed by atoms with Crippen molar-refractivity contribution in [1.29, 1.82) is 0 Å². The van der Waals surface area contributed by atoms with E-state index in [0.29, 0.717) is 59.5 Å². The zero-order valence-corrected chi connectivity index (χ0v) is 18.7. The Morgan fingerprint density at radius 2 is 1.76 bits per heavy atom. The van der Waals surface area contributed by atoms with E-state index in [2.05, 4.69) is 15.0 Å². The second-order valence-electron chi connectivity index (χ2n) is 7.92. The third kappa shape index (κ3) is 3.93. The number of aromatic hydroxyl groups is 1. The lowest BCUT2D eigenvalue weighted by Gasteiger charge is -2.40. The van der Waals surface area contributed by atoms with Crippen LogP contribution in [-0.4, -0.2) is 50.8 Å². The number of thiazole rings is 1. The number of nitrogens with zero attached hydrogens (tertiary/aromatic N) is 5. The standard InChI is InChI=1S/C23H22F3N5OS/c1-2-19-27-23-31(28-19)22(32)21(33-23)20(14-7-8-15(24)17(26)13-14)30-11-9-29(10-12-30)18-6-4-3-5-16(18)25/h3-8,13,20,32H,2,9-12H2,1H3/t20-/m0/s1. The molecule has 2 aromatic heterocycles. The van der Waals surface area contributed by atoms with Gasteiger partial charge < -0.3 is 10.0 Å². The molecule has 3 heterocycles. The van der Waals surface area contributed by atoms with Crippen LogP contribution in [0.15, 0.2) is 42.5 Å². The Hall–Kier alpha value is -3.11. The van der Waals surface area contributed by atoms with Crippen molar-refractivity contribution in [2.24, 2.45) is 0 Å². The van der Waals surface area contributed by atoms with Crippen LogP contribution >= 0.6 is 11.3 Å². The first-order chi connectivity index (χ1) is 16.0. The predicted octanol–water partition coefficient (Wildman–Crippen LogP) is 4.39. The average Bonchev–Trinajstić information content (AvgIpc) is 3.36. The van der Waals surface area contributed by atoms with Gasteiger partial charge in [0.25, 0.3) is 0 Å². The smallest absolute Gasteiger partial charge is 0.230 e. The van der Waals surface area contributed by atoms with Crippen LogP contribution in [0.5, 0.6) is 5.88 Å². The lowest BCUT2D eigenvalue weighted by Crippen LogP contribution is -2.48. The largest absolute Gasteiger partial charge is 0.492 e. The van der Waals surface area contributed by atoms with Crippen LogP contribution in [-0.2, 0) is 6.42 Å². The summed E-state index contributed by atoms with van der Waals surface area (Å²) in [6, 6.07) is 9.89. The summed E-state index contributed by atoms with van der Waals surface area (Å²) in [5.74, 6) is -1.60. The molecular formula is C23H22F3N5OS. The predicted molar refractivity (Wildman–Crippen MR) is 120 cm³/mol. The number of aryl methyl sites for hydroxylation is 1. The van der Waals surface area contributed by atoms with Gasteiger partial charge in [0.1, 0.15) is 5.82 Å². The summed E-state index contributed by atoms with van der Waals surface area (Å²) in [5, 5.41) is 15.3. The molecule has 172 valence electrons. The molecule has 1 atom stereocenters. The van der Waals surface area contributed by atoms with Gasteiger partial charge in [-0.2, -0.15) is 4.52 Å². The minimum Gasteiger partial charge on any atom is -0.492 e. The first kappa shape index (κ1) is 21.7. The Kier molecular flexibility index (Phi) is 5.71. The number of anilines is 1. The van der Waals surface area contributed by atoms with Crippen LogP contribution in [0.25, 0.3) is 4.96 Å². The normalized spacial score (nSPS) is 15.9. The SMILES string of the molecule is CCc1nc2sc([C@H](c3ccc(F)c(F)c3)N3CCN(c4ccccc4F)CC3)c(O)n2n1. The fraction of sp³-hybridized carbons (Fsp3) is 0.304. The van der Waals surface area contributed by atoms with E-state index in [0.717, 1.165) is 12.1 Å². The first-order valence-corrected chi connectivity index (χ1v) is 11.5. The Labute approximate surface area is 192 Å². The van der Waals surface area contributed by atoms with Crippen LogP contribution in [0, 0.1) is 17.5 Å². The van der Waals surface area contributed by atoms with E-state index in [1.54, 1.807) is 18.2 Å². The molecule has 2 aromatic carbocycles. The molecule has 10 heteroatoms. The zero-order valence-electron chi connectivity index (χ0n) is 17.9. The molecule has 5 rings (SSSR count). The van der Waals surface area contributed by atoms with Gasteiger partial charge >= 0.3 is 0 Å². The van der Waals surface area contributed by atoms with Crippen molar-refractivity contribution < 1.29 is 18.3 Å². The summed E-state index contributed by atoms with van der Waals surface area (Å²) in [6.45, 7) is 4.08. The quantitative estimate of drug-likeness (QED) is 0.466. The van der Waals surface area contributed by atoms with Gasteiger partial charge in [0.2, 0.25) is 10.8 Å². The molecular weight excluding hydrogens is 451 g/mol. The summed E-state index contributed by atoms with van der Waals surface area (Å²) in [7, 11) is 0. The Morgan fingerprint density at radius 3 is 2.42 bits per heavy atom. The van der Waals surface area contributed by atoms with E-state index in [9.17, 15) is 18.3 Å². The lowest BCUT2D eigenvalue weighted by molar-refractivity contribution is 0.210. The van der Waals surface area contributed by atoms with Crippen LogP contribution in [0.3, 0.4) is 0 Å². The Morgan fingerprint density at radius 1 is 1.00 bits per heavy atom. The van der Waals surface area contributed by atoms with Crippen LogP contribution in [0.2, 0.25) is 0 Å². The molecule has 0 aliphatic carbocycles. The van der Waals surface area contributed by atoms with Gasteiger partial charge in [-0.15, -0.1) is 5.10 Å². The topological polar surface area (TPSA) is 56.9 Å². The van der Waals surface area contributed by atoms with Gasteiger partial charge in [0, 0.05) is 32.6 Å². The van der Waals surface area contributed by atoms with Crippen LogP contribution in [0.1, 0.15) is 29.2 Å². The molecule has 1 aliphatic rings. The highest BCUT2D eigenvalue weighted by molar-refractivity contribution is 7.17. The van der Waals surface area contributed by atoms with Crippen molar-refractivity contribution in [2.75, 3.05) is 31.1 Å². The minimum absolute atomic E-state index is 0.0616. The summed E-state index contributed by atoms with van der Waals surface area (Å²) >= 11 is 1.27. The summed E-state index contributed by atoms with van der Waals surface area (Å²) in [5.41, 5.74) is 1.05. The Balaban J connectivity index is 1.50. The van der Waals surface area contributed by atoms with E-state index in [4.69, 9.17) is 0 Å². The molecule has 0 bridgehead atoms. The average molecular weight is 474 g/mol. The molecule has 1 saturated heterocycles. The minimum atomic E-state index is -0.949. The first-order valence-electron chi connectivity index (χ1n) is 10.7. The number of para-hydroxylation sites is 1. The molecule has 0 radical (unpaired) electrons. The number of aromatic nitrogens is 3. The molecule has 4 aromatic rings. The van der Waals surface area contributed by atoms with Crippen molar-refractivity contribution >= 4 is 22.0 Å². The molecule has 6 nitrogen and oxygen atoms in total. The number of fused-ring (bicyclic) bond motifs is 1. The maximum absolute atomic E-state index is 14.3. The summed E-state index contributed by atoms with van der Waals surface area (Å²) in [6.07, 6.45) is 0.633. The molecule has 1 aliphatic heterocycles. The second-order valence-corrected chi connectivity index (χ2v) is 8.93. The van der Waals surface area contributed by atoms with Gasteiger partial charge in [-0.1, -0.05) is 36.5 Å². The monoisotopic (exact) mass is 473 g/mol. The zero-order chi connectivity index (χ0) is 23.1. The van der Waals surface area contributed by atoms with Crippen molar-refractivity contribution in [2.45, 2.75) is 19.4 Å². The number of piperazine rings is 1. The molecule has 0 unspecified atom stereocenters. The van der Waals surface area contributed by atoms with E-state index in [1.165, 1.54) is 28.0 Å². The molecule has 1 fully saturated rings. The van der Waals surface area contributed by atoms with E-state index < -0.39 is 17.7 Å². The number of halogens is 3.